The number of amides is 2. The Morgan fingerprint density at radius 1 is 1.03 bits per heavy atom. The Morgan fingerprint density at radius 3 is 2.21 bits per heavy atom. The Bertz CT molecular complexity index is 1410. The molecule has 0 saturated carbocycles. The molecule has 7 N–H and O–H groups in total. The summed E-state index contributed by atoms with van der Waals surface area (Å²) >= 11 is 0. The number of nitrogen functional groups attached to an aromatic ring is 1. The average molecular weight is 534 g/mol. The van der Waals surface area contributed by atoms with E-state index in [0.29, 0.717) is 17.0 Å². The van der Waals surface area contributed by atoms with Gasteiger partial charge in [0.25, 0.3) is 11.8 Å². The predicted molar refractivity (Wildman–Crippen MR) is 146 cm³/mol. The van der Waals surface area contributed by atoms with Gasteiger partial charge in [-0.25, -0.2) is 9.78 Å². The zero-order chi connectivity index (χ0) is 28.9. The van der Waals surface area contributed by atoms with E-state index < -0.39 is 34.9 Å². The number of carboxylic acid groups (broad SMARTS) is 1. The summed E-state index contributed by atoms with van der Waals surface area (Å²) in [4.78, 5) is 42.4. The number of hydrogen-bond donors (Lipinski definition) is 6. The zero-order valence-corrected chi connectivity index (χ0v) is 22.0. The third-order valence-electron chi connectivity index (χ3n) is 6.08. The fourth-order valence-electron chi connectivity index (χ4n) is 3.74. The lowest BCUT2D eigenvalue weighted by Crippen LogP contribution is -2.46. The van der Waals surface area contributed by atoms with E-state index in [1.54, 1.807) is 30.3 Å². The van der Waals surface area contributed by atoms with E-state index in [4.69, 9.17) is 15.9 Å². The fraction of sp³-hybridized carbons (Fsp3) is 0.250. The number of methoxy groups -OCH3 is 1. The van der Waals surface area contributed by atoms with Gasteiger partial charge in [0.05, 0.1) is 25.3 Å². The summed E-state index contributed by atoms with van der Waals surface area (Å²) in [6, 6.07) is 13.1. The molecule has 204 valence electrons. The fourth-order valence-corrected chi connectivity index (χ4v) is 3.74. The van der Waals surface area contributed by atoms with Crippen molar-refractivity contribution in [2.75, 3.05) is 19.0 Å². The molecular weight excluding hydrogens is 502 g/mol. The number of amidine groups is 1. The number of carbonyl (C=O) groups is 3. The molecule has 1 unspecified atom stereocenters. The first-order chi connectivity index (χ1) is 18.3. The van der Waals surface area contributed by atoms with Crippen LogP contribution in [-0.4, -0.2) is 58.6 Å². The van der Waals surface area contributed by atoms with E-state index in [2.05, 4.69) is 15.6 Å². The SMILES string of the molecule is COc1ccc(-c2ccc(C(=O)NC(CO)C(C)(C)C)nc2C(=O)O)c(C(=O)Nc2ccc(C(=N)N)cc2)c1. The van der Waals surface area contributed by atoms with Crippen LogP contribution >= 0.6 is 0 Å². The number of nitrogens with two attached hydrogens (primary N) is 1. The molecule has 1 heterocycles. The maximum atomic E-state index is 13.3. The lowest BCUT2D eigenvalue weighted by molar-refractivity contribution is 0.0690. The maximum absolute atomic E-state index is 13.3. The van der Waals surface area contributed by atoms with Crippen molar-refractivity contribution in [1.82, 2.24) is 10.3 Å². The van der Waals surface area contributed by atoms with E-state index in [0.717, 1.165) is 0 Å². The lowest BCUT2D eigenvalue weighted by Gasteiger charge is -2.29. The van der Waals surface area contributed by atoms with E-state index >= 15 is 0 Å². The van der Waals surface area contributed by atoms with E-state index in [1.165, 1.54) is 31.4 Å². The van der Waals surface area contributed by atoms with Gasteiger partial charge in [0.15, 0.2) is 5.69 Å². The number of anilines is 1. The van der Waals surface area contributed by atoms with Gasteiger partial charge in [-0.2, -0.15) is 0 Å². The van der Waals surface area contributed by atoms with Crippen LogP contribution < -0.4 is 21.1 Å². The summed E-state index contributed by atoms with van der Waals surface area (Å²) in [5, 5.41) is 32.5. The standard InChI is InChI=1S/C28H31N5O6/c1-28(2,3)22(14-34)33-26(36)21-12-11-19(23(32-21)27(37)38)18-10-9-17(39-4)13-20(18)25(35)31-16-7-5-15(6-8-16)24(29)30/h5-13,22,34H,14H2,1-4H3,(H3,29,30)(H,31,35)(H,33,36)(H,37,38). The Hall–Kier alpha value is -4.77. The molecule has 39 heavy (non-hydrogen) atoms. The molecule has 3 rings (SSSR count). The number of carbonyl (C=O) groups excluding carboxylic acids is 2. The molecule has 0 radical (unpaired) electrons. The number of nitrogens with one attached hydrogen (secondary N) is 3. The number of aromatic nitrogens is 1. The molecule has 1 aromatic heterocycles. The monoisotopic (exact) mass is 533 g/mol. The second kappa shape index (κ2) is 11.7. The molecule has 11 nitrogen and oxygen atoms in total. The summed E-state index contributed by atoms with van der Waals surface area (Å²) in [5.41, 5.74) is 5.87. The molecular formula is C28H31N5O6. The van der Waals surface area contributed by atoms with Gasteiger partial charge in [-0.05, 0) is 65.6 Å². The van der Waals surface area contributed by atoms with Crippen LogP contribution in [0.15, 0.2) is 54.6 Å². The molecule has 0 saturated heterocycles. The molecule has 0 aliphatic rings. The van der Waals surface area contributed by atoms with Gasteiger partial charge in [0.1, 0.15) is 17.3 Å². The normalized spacial score (nSPS) is 11.8. The number of ether oxygens (including phenoxy) is 1. The maximum Gasteiger partial charge on any atom is 0.355 e. The van der Waals surface area contributed by atoms with Gasteiger partial charge in [-0.1, -0.05) is 20.8 Å². The second-order valence-electron chi connectivity index (χ2n) is 9.83. The molecule has 11 heteroatoms. The van der Waals surface area contributed by atoms with Crippen molar-refractivity contribution in [2.24, 2.45) is 11.1 Å². The number of carboxylic acids is 1. The first-order valence-corrected chi connectivity index (χ1v) is 12.0. The Balaban J connectivity index is 2.02. The van der Waals surface area contributed by atoms with Crippen LogP contribution in [0.5, 0.6) is 5.75 Å². The van der Waals surface area contributed by atoms with E-state index in [9.17, 15) is 24.6 Å². The van der Waals surface area contributed by atoms with Crippen LogP contribution in [0.4, 0.5) is 5.69 Å². The van der Waals surface area contributed by atoms with E-state index in [-0.39, 0.29) is 34.8 Å². The number of aromatic carboxylic acids is 1. The first-order valence-electron chi connectivity index (χ1n) is 12.0. The highest BCUT2D eigenvalue weighted by atomic mass is 16.5. The molecule has 0 aliphatic heterocycles. The Labute approximate surface area is 225 Å². The van der Waals surface area contributed by atoms with Crippen LogP contribution in [0.2, 0.25) is 0 Å². The Morgan fingerprint density at radius 2 is 1.67 bits per heavy atom. The average Bonchev–Trinajstić information content (AvgIpc) is 2.90. The first kappa shape index (κ1) is 28.8. The lowest BCUT2D eigenvalue weighted by atomic mass is 9.87. The topological polar surface area (TPSA) is 188 Å². The van der Waals surface area contributed by atoms with Crippen molar-refractivity contribution < 1.29 is 29.3 Å². The zero-order valence-electron chi connectivity index (χ0n) is 22.0. The van der Waals surface area contributed by atoms with Crippen molar-refractivity contribution in [3.05, 3.63) is 77.1 Å². The number of aliphatic hydroxyl groups excluding tert-OH is 1. The second-order valence-corrected chi connectivity index (χ2v) is 9.83. The number of hydrogen-bond acceptors (Lipinski definition) is 7. The third kappa shape index (κ3) is 6.76. The summed E-state index contributed by atoms with van der Waals surface area (Å²) < 4.78 is 5.27. The summed E-state index contributed by atoms with van der Waals surface area (Å²) in [6.45, 7) is 5.24. The number of rotatable bonds is 9. The van der Waals surface area contributed by atoms with Crippen molar-refractivity contribution >= 4 is 29.3 Å². The highest BCUT2D eigenvalue weighted by molar-refractivity contribution is 6.10. The molecule has 2 amide bonds. The highest BCUT2D eigenvalue weighted by Crippen LogP contribution is 2.31. The van der Waals surface area contributed by atoms with Crippen molar-refractivity contribution in [3.8, 4) is 16.9 Å². The minimum absolute atomic E-state index is 0.111. The number of nitrogens with zero attached hydrogens (tertiary/aromatic N) is 1. The minimum Gasteiger partial charge on any atom is -0.497 e. The van der Waals surface area contributed by atoms with Crippen LogP contribution in [0.25, 0.3) is 11.1 Å². The Kier molecular flexibility index (Phi) is 8.67. The van der Waals surface area contributed by atoms with Gasteiger partial charge in [0, 0.05) is 16.8 Å². The number of benzene rings is 2. The van der Waals surface area contributed by atoms with Crippen molar-refractivity contribution in [1.29, 1.82) is 5.41 Å². The predicted octanol–water partition coefficient (Wildman–Crippen LogP) is 3.13. The molecule has 2 aromatic carbocycles. The number of pyridine rings is 1. The van der Waals surface area contributed by atoms with Crippen LogP contribution in [-0.2, 0) is 0 Å². The molecule has 1 atom stereocenters. The largest absolute Gasteiger partial charge is 0.497 e. The third-order valence-corrected chi connectivity index (χ3v) is 6.08. The van der Waals surface area contributed by atoms with Crippen molar-refractivity contribution in [3.63, 3.8) is 0 Å². The van der Waals surface area contributed by atoms with E-state index in [1.807, 2.05) is 20.8 Å². The summed E-state index contributed by atoms with van der Waals surface area (Å²) in [6.07, 6.45) is 0. The molecule has 0 fully saturated rings. The van der Waals surface area contributed by atoms with Gasteiger partial charge >= 0.3 is 5.97 Å². The van der Waals surface area contributed by atoms with Crippen molar-refractivity contribution in [2.45, 2.75) is 26.8 Å². The highest BCUT2D eigenvalue weighted by Gasteiger charge is 2.27. The summed E-state index contributed by atoms with van der Waals surface area (Å²) in [5.74, 6) is -2.32. The van der Waals surface area contributed by atoms with Gasteiger partial charge < -0.3 is 31.3 Å². The van der Waals surface area contributed by atoms with Crippen LogP contribution in [0, 0.1) is 10.8 Å². The number of aliphatic hydroxyl groups is 1. The van der Waals surface area contributed by atoms with Gasteiger partial charge in [-0.3, -0.25) is 15.0 Å². The molecule has 3 aromatic rings. The van der Waals surface area contributed by atoms with Gasteiger partial charge in [-0.15, -0.1) is 0 Å². The molecule has 0 bridgehead atoms. The van der Waals surface area contributed by atoms with Crippen LogP contribution in [0.1, 0.15) is 57.7 Å². The van der Waals surface area contributed by atoms with Crippen LogP contribution in [0.3, 0.4) is 0 Å². The quantitative estimate of drug-likeness (QED) is 0.179. The summed E-state index contributed by atoms with van der Waals surface area (Å²) in [7, 11) is 1.44. The minimum atomic E-state index is -1.39. The van der Waals surface area contributed by atoms with Gasteiger partial charge in [0.2, 0.25) is 0 Å². The smallest absolute Gasteiger partial charge is 0.355 e. The molecule has 0 aliphatic carbocycles. The molecule has 0 spiro atoms.